The molecule has 3 heteroatoms. The van der Waals surface area contributed by atoms with Crippen LogP contribution in [-0.2, 0) is 6.42 Å². The zero-order chi connectivity index (χ0) is 10.4. The second-order valence-electron chi connectivity index (χ2n) is 3.22. The first-order valence-electron chi connectivity index (χ1n) is 4.84. The van der Waals surface area contributed by atoms with Crippen LogP contribution in [0.4, 0.5) is 0 Å². The highest BCUT2D eigenvalue weighted by Gasteiger charge is 2.02. The molecule has 0 spiro atoms. The zero-order valence-corrected chi connectivity index (χ0v) is 8.44. The van der Waals surface area contributed by atoms with Gasteiger partial charge in [-0.1, -0.05) is 12.1 Å². The summed E-state index contributed by atoms with van der Waals surface area (Å²) in [5, 5.41) is 8.79. The SMILES string of the molecule is CCOc1ccc(C[C@H](N)CO)cc1. The maximum Gasteiger partial charge on any atom is 0.119 e. The van der Waals surface area contributed by atoms with E-state index in [1.165, 1.54) is 0 Å². The summed E-state index contributed by atoms with van der Waals surface area (Å²) in [5.74, 6) is 0.869. The number of benzene rings is 1. The van der Waals surface area contributed by atoms with Crippen LogP contribution in [0.2, 0.25) is 0 Å². The molecule has 0 unspecified atom stereocenters. The lowest BCUT2D eigenvalue weighted by Crippen LogP contribution is -2.26. The summed E-state index contributed by atoms with van der Waals surface area (Å²) in [6.07, 6.45) is 0.697. The van der Waals surface area contributed by atoms with Gasteiger partial charge < -0.3 is 15.6 Å². The zero-order valence-electron chi connectivity index (χ0n) is 8.44. The molecular weight excluding hydrogens is 178 g/mol. The van der Waals surface area contributed by atoms with Gasteiger partial charge in [-0.05, 0) is 31.0 Å². The van der Waals surface area contributed by atoms with Gasteiger partial charge in [-0.15, -0.1) is 0 Å². The standard InChI is InChI=1S/C11H17NO2/c1-2-14-11-5-3-9(4-6-11)7-10(12)8-13/h3-6,10,13H,2,7-8,12H2,1H3/t10-/m0/s1. The summed E-state index contributed by atoms with van der Waals surface area (Å²) < 4.78 is 5.31. The molecule has 1 aromatic carbocycles. The largest absolute Gasteiger partial charge is 0.494 e. The third-order valence-corrected chi connectivity index (χ3v) is 1.97. The molecule has 0 saturated carbocycles. The average molecular weight is 195 g/mol. The summed E-state index contributed by atoms with van der Waals surface area (Å²) in [6.45, 7) is 2.65. The Balaban J connectivity index is 2.54. The van der Waals surface area contributed by atoms with Crippen LogP contribution in [0.1, 0.15) is 12.5 Å². The molecule has 0 radical (unpaired) electrons. The van der Waals surface area contributed by atoms with Crippen LogP contribution in [0.15, 0.2) is 24.3 Å². The molecule has 0 amide bonds. The lowest BCUT2D eigenvalue weighted by molar-refractivity contribution is 0.265. The minimum Gasteiger partial charge on any atom is -0.494 e. The van der Waals surface area contributed by atoms with Crippen molar-refractivity contribution in [3.63, 3.8) is 0 Å². The number of ether oxygens (including phenoxy) is 1. The average Bonchev–Trinajstić information content (AvgIpc) is 2.21. The van der Waals surface area contributed by atoms with E-state index in [1.807, 2.05) is 31.2 Å². The minimum atomic E-state index is -0.173. The highest BCUT2D eigenvalue weighted by Crippen LogP contribution is 2.12. The van der Waals surface area contributed by atoms with Crippen LogP contribution in [0, 0.1) is 0 Å². The quantitative estimate of drug-likeness (QED) is 0.735. The summed E-state index contributed by atoms with van der Waals surface area (Å²) in [7, 11) is 0. The summed E-state index contributed by atoms with van der Waals surface area (Å²) >= 11 is 0. The van der Waals surface area contributed by atoms with Gasteiger partial charge in [0.05, 0.1) is 13.2 Å². The number of rotatable bonds is 5. The number of aliphatic hydroxyl groups is 1. The predicted octanol–water partition coefficient (Wildman–Crippen LogP) is 0.947. The van der Waals surface area contributed by atoms with Crippen molar-refractivity contribution in [3.8, 4) is 5.75 Å². The van der Waals surface area contributed by atoms with Crippen molar-refractivity contribution >= 4 is 0 Å². The number of hydrogen-bond acceptors (Lipinski definition) is 3. The Hall–Kier alpha value is -1.06. The molecule has 0 fully saturated rings. The number of aliphatic hydroxyl groups excluding tert-OH is 1. The van der Waals surface area contributed by atoms with Crippen molar-refractivity contribution in [1.29, 1.82) is 0 Å². The maximum atomic E-state index is 8.79. The van der Waals surface area contributed by atoms with Crippen LogP contribution in [-0.4, -0.2) is 24.4 Å². The molecule has 14 heavy (non-hydrogen) atoms. The van der Waals surface area contributed by atoms with Gasteiger partial charge >= 0.3 is 0 Å². The third-order valence-electron chi connectivity index (χ3n) is 1.97. The first-order chi connectivity index (χ1) is 6.76. The van der Waals surface area contributed by atoms with E-state index >= 15 is 0 Å². The van der Waals surface area contributed by atoms with Gasteiger partial charge in [0, 0.05) is 6.04 Å². The van der Waals surface area contributed by atoms with E-state index in [0.717, 1.165) is 11.3 Å². The molecule has 0 aliphatic rings. The van der Waals surface area contributed by atoms with Gasteiger partial charge in [0.2, 0.25) is 0 Å². The van der Waals surface area contributed by atoms with Gasteiger partial charge in [0.25, 0.3) is 0 Å². The molecule has 1 rings (SSSR count). The van der Waals surface area contributed by atoms with Crippen LogP contribution in [0.5, 0.6) is 5.75 Å². The van der Waals surface area contributed by atoms with Gasteiger partial charge in [0.1, 0.15) is 5.75 Å². The van der Waals surface area contributed by atoms with Gasteiger partial charge in [-0.3, -0.25) is 0 Å². The van der Waals surface area contributed by atoms with Crippen molar-refractivity contribution in [2.45, 2.75) is 19.4 Å². The summed E-state index contributed by atoms with van der Waals surface area (Å²) in [6, 6.07) is 7.61. The maximum absolute atomic E-state index is 8.79. The topological polar surface area (TPSA) is 55.5 Å². The van der Waals surface area contributed by atoms with E-state index in [1.54, 1.807) is 0 Å². The Morgan fingerprint density at radius 2 is 2.00 bits per heavy atom. The van der Waals surface area contributed by atoms with E-state index in [-0.39, 0.29) is 12.6 Å². The fraction of sp³-hybridized carbons (Fsp3) is 0.455. The van der Waals surface area contributed by atoms with E-state index in [9.17, 15) is 0 Å². The predicted molar refractivity (Wildman–Crippen MR) is 56.4 cm³/mol. The highest BCUT2D eigenvalue weighted by molar-refractivity contribution is 5.27. The molecule has 0 heterocycles. The Bertz CT molecular complexity index is 258. The van der Waals surface area contributed by atoms with Crippen LogP contribution < -0.4 is 10.5 Å². The molecule has 3 N–H and O–H groups in total. The Morgan fingerprint density at radius 1 is 1.36 bits per heavy atom. The minimum absolute atomic E-state index is 0.0210. The molecular formula is C11H17NO2. The lowest BCUT2D eigenvalue weighted by atomic mass is 10.1. The molecule has 3 nitrogen and oxygen atoms in total. The molecule has 1 aromatic rings. The first-order valence-corrected chi connectivity index (χ1v) is 4.84. The Labute approximate surface area is 84.5 Å². The van der Waals surface area contributed by atoms with Gasteiger partial charge in [-0.2, -0.15) is 0 Å². The lowest BCUT2D eigenvalue weighted by Gasteiger charge is -2.08. The first kappa shape index (κ1) is 11.0. The Kier molecular flexibility index (Phi) is 4.43. The van der Waals surface area contributed by atoms with Crippen molar-refractivity contribution in [3.05, 3.63) is 29.8 Å². The molecule has 0 bridgehead atoms. The van der Waals surface area contributed by atoms with Crippen LogP contribution in [0.3, 0.4) is 0 Å². The van der Waals surface area contributed by atoms with Gasteiger partial charge in [0.15, 0.2) is 0 Å². The second-order valence-corrected chi connectivity index (χ2v) is 3.22. The van der Waals surface area contributed by atoms with Crippen molar-refractivity contribution in [2.24, 2.45) is 5.73 Å². The van der Waals surface area contributed by atoms with Crippen LogP contribution in [0.25, 0.3) is 0 Å². The number of hydrogen-bond donors (Lipinski definition) is 2. The van der Waals surface area contributed by atoms with Crippen molar-refractivity contribution < 1.29 is 9.84 Å². The van der Waals surface area contributed by atoms with Gasteiger partial charge in [-0.25, -0.2) is 0 Å². The highest BCUT2D eigenvalue weighted by atomic mass is 16.5. The van der Waals surface area contributed by atoms with Crippen molar-refractivity contribution in [2.75, 3.05) is 13.2 Å². The molecule has 0 aromatic heterocycles. The van der Waals surface area contributed by atoms with E-state index in [4.69, 9.17) is 15.6 Å². The fourth-order valence-electron chi connectivity index (χ4n) is 1.26. The summed E-state index contributed by atoms with van der Waals surface area (Å²) in [5.41, 5.74) is 6.74. The van der Waals surface area contributed by atoms with E-state index in [0.29, 0.717) is 13.0 Å². The molecule has 0 aliphatic heterocycles. The fourth-order valence-corrected chi connectivity index (χ4v) is 1.26. The third kappa shape index (κ3) is 3.36. The molecule has 1 atom stereocenters. The number of nitrogens with two attached hydrogens (primary N) is 1. The molecule has 0 saturated heterocycles. The smallest absolute Gasteiger partial charge is 0.119 e. The van der Waals surface area contributed by atoms with E-state index in [2.05, 4.69) is 0 Å². The van der Waals surface area contributed by atoms with Crippen LogP contribution >= 0.6 is 0 Å². The Morgan fingerprint density at radius 3 is 2.50 bits per heavy atom. The monoisotopic (exact) mass is 195 g/mol. The normalized spacial score (nSPS) is 12.5. The molecule has 78 valence electrons. The van der Waals surface area contributed by atoms with E-state index < -0.39 is 0 Å². The molecule has 0 aliphatic carbocycles. The second kappa shape index (κ2) is 5.62. The summed E-state index contributed by atoms with van der Waals surface area (Å²) in [4.78, 5) is 0. The van der Waals surface area contributed by atoms with Crippen molar-refractivity contribution in [1.82, 2.24) is 0 Å².